The van der Waals surface area contributed by atoms with Crippen molar-refractivity contribution in [3.05, 3.63) is 71.4 Å². The number of pyridine rings is 1. The topological polar surface area (TPSA) is 99.9 Å². The number of Topliss-reactive ketones (excluding diaryl/α,β-unsaturated/α-hetero) is 1. The molecule has 0 radical (unpaired) electrons. The minimum absolute atomic E-state index is 0.0119. The monoisotopic (exact) mass is 415 g/mol. The number of carboxylic acids is 1. The van der Waals surface area contributed by atoms with Crippen molar-refractivity contribution in [1.29, 1.82) is 0 Å². The van der Waals surface area contributed by atoms with Gasteiger partial charge in [0.25, 0.3) is 5.91 Å². The van der Waals surface area contributed by atoms with E-state index >= 15 is 0 Å². The van der Waals surface area contributed by atoms with E-state index in [-0.39, 0.29) is 17.5 Å². The van der Waals surface area contributed by atoms with Gasteiger partial charge < -0.3 is 10.0 Å². The number of aliphatic carboxylic acids is 1. The van der Waals surface area contributed by atoms with Crippen molar-refractivity contribution in [2.75, 3.05) is 0 Å². The van der Waals surface area contributed by atoms with Crippen molar-refractivity contribution in [1.82, 2.24) is 9.88 Å². The molecular formula is C24H21N3O4. The minimum Gasteiger partial charge on any atom is -0.480 e. The van der Waals surface area contributed by atoms with Crippen LogP contribution in [0.1, 0.15) is 40.1 Å². The highest BCUT2D eigenvalue weighted by molar-refractivity contribution is 6.24. The van der Waals surface area contributed by atoms with Crippen molar-refractivity contribution < 1.29 is 19.5 Å². The Kier molecular flexibility index (Phi) is 5.33. The Morgan fingerprint density at radius 1 is 1.13 bits per heavy atom. The summed E-state index contributed by atoms with van der Waals surface area (Å²) in [7, 11) is 0. The van der Waals surface area contributed by atoms with Gasteiger partial charge in [0.2, 0.25) is 0 Å². The van der Waals surface area contributed by atoms with E-state index in [0.717, 1.165) is 11.8 Å². The number of hydrogen-bond acceptors (Lipinski definition) is 5. The molecule has 0 saturated heterocycles. The second-order valence-electron chi connectivity index (χ2n) is 7.73. The van der Waals surface area contributed by atoms with Gasteiger partial charge in [0, 0.05) is 35.9 Å². The van der Waals surface area contributed by atoms with Crippen LogP contribution in [-0.2, 0) is 11.3 Å². The van der Waals surface area contributed by atoms with E-state index in [1.54, 1.807) is 23.1 Å². The molecule has 31 heavy (non-hydrogen) atoms. The molecule has 0 bridgehead atoms. The van der Waals surface area contributed by atoms with Crippen molar-refractivity contribution in [3.63, 3.8) is 0 Å². The van der Waals surface area contributed by atoms with Crippen LogP contribution in [0.25, 0.3) is 10.9 Å². The summed E-state index contributed by atoms with van der Waals surface area (Å²) in [5, 5.41) is 9.84. The zero-order valence-corrected chi connectivity index (χ0v) is 17.1. The summed E-state index contributed by atoms with van der Waals surface area (Å²) in [6.45, 7) is 4.41. The zero-order valence-electron chi connectivity index (χ0n) is 17.1. The van der Waals surface area contributed by atoms with Gasteiger partial charge >= 0.3 is 5.97 Å². The van der Waals surface area contributed by atoms with E-state index < -0.39 is 17.7 Å². The molecule has 0 saturated carbocycles. The van der Waals surface area contributed by atoms with Gasteiger partial charge in [-0.2, -0.15) is 0 Å². The highest BCUT2D eigenvalue weighted by atomic mass is 16.4. The van der Waals surface area contributed by atoms with E-state index in [1.807, 2.05) is 44.2 Å². The lowest BCUT2D eigenvalue weighted by Crippen LogP contribution is -2.36. The molecule has 0 spiro atoms. The Bertz CT molecular complexity index is 1220. The van der Waals surface area contributed by atoms with Gasteiger partial charge in [-0.3, -0.25) is 24.4 Å². The first-order valence-electron chi connectivity index (χ1n) is 9.95. The molecule has 1 N–H and O–H groups in total. The molecule has 1 aliphatic heterocycles. The van der Waals surface area contributed by atoms with Crippen LogP contribution >= 0.6 is 0 Å². The first kappa shape index (κ1) is 20.4. The number of benzene rings is 2. The third kappa shape index (κ3) is 3.82. The van der Waals surface area contributed by atoms with Crippen LogP contribution in [0.15, 0.2) is 59.7 Å². The predicted molar refractivity (Wildman–Crippen MR) is 117 cm³/mol. The van der Waals surface area contributed by atoms with E-state index in [9.17, 15) is 19.5 Å². The summed E-state index contributed by atoms with van der Waals surface area (Å²) < 4.78 is 0. The molecule has 7 nitrogen and oxygen atoms in total. The first-order chi connectivity index (χ1) is 14.9. The first-order valence-corrected chi connectivity index (χ1v) is 9.95. The number of aliphatic imine (C=N–C) groups is 1. The van der Waals surface area contributed by atoms with Crippen LogP contribution in [0.3, 0.4) is 0 Å². The summed E-state index contributed by atoms with van der Waals surface area (Å²) in [6, 6.07) is 14.7. The van der Waals surface area contributed by atoms with Crippen molar-refractivity contribution >= 4 is 40.5 Å². The molecule has 1 unspecified atom stereocenters. The predicted octanol–water partition coefficient (Wildman–Crippen LogP) is 3.89. The molecule has 2 aromatic carbocycles. The Labute approximate surface area is 179 Å². The molecule has 1 aromatic heterocycles. The number of carboxylic acid groups (broad SMARTS) is 1. The molecule has 1 atom stereocenters. The fourth-order valence-corrected chi connectivity index (χ4v) is 3.63. The SMILES string of the molecule is CC(C)N(Cc1ccccc1)C(=O)c1cnc2c3c(ccc2c1)C(=O)C(C(=O)O)C=N3. The maximum absolute atomic E-state index is 13.2. The number of carbonyl (C=O) groups is 3. The number of ketones is 1. The van der Waals surface area contributed by atoms with Crippen LogP contribution < -0.4 is 0 Å². The van der Waals surface area contributed by atoms with Gasteiger partial charge in [-0.25, -0.2) is 0 Å². The van der Waals surface area contributed by atoms with E-state index in [1.165, 1.54) is 6.20 Å². The molecule has 4 rings (SSSR count). The molecular weight excluding hydrogens is 394 g/mol. The molecule has 7 heteroatoms. The minimum atomic E-state index is -1.29. The summed E-state index contributed by atoms with van der Waals surface area (Å²) in [5.74, 6) is -3.18. The van der Waals surface area contributed by atoms with Gasteiger partial charge in [-0.05, 0) is 31.5 Å². The summed E-state index contributed by atoms with van der Waals surface area (Å²) in [4.78, 5) is 47.3. The standard InChI is InChI=1S/C24H21N3O4/c1-14(2)27(13-15-6-4-3-5-7-15)23(29)17-10-16-8-9-18-21(20(16)25-11-17)26-12-19(22(18)28)24(30)31/h3-12,14,19H,13H2,1-2H3,(H,30,31). The maximum Gasteiger partial charge on any atom is 0.319 e. The Morgan fingerprint density at radius 3 is 2.55 bits per heavy atom. The zero-order chi connectivity index (χ0) is 22.1. The van der Waals surface area contributed by atoms with Crippen LogP contribution in [0.4, 0.5) is 5.69 Å². The number of aromatic nitrogens is 1. The quantitative estimate of drug-likeness (QED) is 0.638. The maximum atomic E-state index is 13.2. The van der Waals surface area contributed by atoms with Gasteiger partial charge in [0.15, 0.2) is 11.7 Å². The Balaban J connectivity index is 1.69. The van der Waals surface area contributed by atoms with Gasteiger partial charge in [0.05, 0.1) is 16.8 Å². The number of nitrogens with zero attached hydrogens (tertiary/aromatic N) is 3. The third-order valence-electron chi connectivity index (χ3n) is 5.32. The highest BCUT2D eigenvalue weighted by Gasteiger charge is 2.31. The molecule has 3 aromatic rings. The number of fused-ring (bicyclic) bond motifs is 3. The largest absolute Gasteiger partial charge is 0.480 e. The average molecular weight is 415 g/mol. The van der Waals surface area contributed by atoms with Crippen LogP contribution in [0.2, 0.25) is 0 Å². The number of hydrogen-bond donors (Lipinski definition) is 1. The second-order valence-corrected chi connectivity index (χ2v) is 7.73. The summed E-state index contributed by atoms with van der Waals surface area (Å²) in [6.07, 6.45) is 2.61. The van der Waals surface area contributed by atoms with Crippen LogP contribution in [0, 0.1) is 5.92 Å². The van der Waals surface area contributed by atoms with Gasteiger partial charge in [0.1, 0.15) is 0 Å². The van der Waals surface area contributed by atoms with Crippen molar-refractivity contribution in [2.24, 2.45) is 10.9 Å². The van der Waals surface area contributed by atoms with Crippen LogP contribution in [0.5, 0.6) is 0 Å². The molecule has 0 fully saturated rings. The summed E-state index contributed by atoms with van der Waals surface area (Å²) >= 11 is 0. The fraction of sp³-hybridized carbons (Fsp3) is 0.208. The molecule has 1 amide bonds. The lowest BCUT2D eigenvalue weighted by Gasteiger charge is -2.27. The van der Waals surface area contributed by atoms with E-state index in [4.69, 9.17) is 0 Å². The molecule has 1 aliphatic rings. The molecule has 156 valence electrons. The number of amides is 1. The molecule has 2 heterocycles. The number of carbonyl (C=O) groups excluding carboxylic acids is 2. The fourth-order valence-electron chi connectivity index (χ4n) is 3.63. The molecule has 0 aliphatic carbocycles. The van der Waals surface area contributed by atoms with Gasteiger partial charge in [-0.15, -0.1) is 0 Å². The van der Waals surface area contributed by atoms with E-state index in [2.05, 4.69) is 9.98 Å². The average Bonchev–Trinajstić information content (AvgIpc) is 2.77. The Morgan fingerprint density at radius 2 is 1.87 bits per heavy atom. The highest BCUT2D eigenvalue weighted by Crippen LogP contribution is 2.33. The second kappa shape index (κ2) is 8.10. The Hall–Kier alpha value is -3.87. The lowest BCUT2D eigenvalue weighted by molar-refractivity contribution is -0.137. The van der Waals surface area contributed by atoms with Crippen LogP contribution in [-0.4, -0.2) is 44.9 Å². The smallest absolute Gasteiger partial charge is 0.319 e. The van der Waals surface area contributed by atoms with Gasteiger partial charge in [-0.1, -0.05) is 36.4 Å². The van der Waals surface area contributed by atoms with Crippen molar-refractivity contribution in [3.8, 4) is 0 Å². The van der Waals surface area contributed by atoms with E-state index in [0.29, 0.717) is 28.7 Å². The lowest BCUT2D eigenvalue weighted by atomic mass is 9.93. The van der Waals surface area contributed by atoms with Crippen molar-refractivity contribution in [2.45, 2.75) is 26.4 Å². The summed E-state index contributed by atoms with van der Waals surface area (Å²) in [5.41, 5.74) is 2.49. The number of rotatable bonds is 5. The third-order valence-corrected chi connectivity index (χ3v) is 5.32. The normalized spacial score (nSPS) is 15.2.